The number of amides is 3. The van der Waals surface area contributed by atoms with Crippen molar-refractivity contribution in [2.24, 2.45) is 0 Å². The molecule has 1 aromatic heterocycles. The smallest absolute Gasteiger partial charge is 0.282 e. The van der Waals surface area contributed by atoms with E-state index >= 15 is 0 Å². The van der Waals surface area contributed by atoms with Gasteiger partial charge in [0.25, 0.3) is 17.5 Å². The van der Waals surface area contributed by atoms with Crippen LogP contribution in [0.4, 0.5) is 10.8 Å². The van der Waals surface area contributed by atoms with Gasteiger partial charge in [-0.1, -0.05) is 30.7 Å². The van der Waals surface area contributed by atoms with Gasteiger partial charge in [0.05, 0.1) is 10.5 Å². The summed E-state index contributed by atoms with van der Waals surface area (Å²) < 4.78 is 0. The van der Waals surface area contributed by atoms with Gasteiger partial charge in [-0.05, 0) is 25.3 Å². The molecular formula is C18H19N5O5S. The molecule has 0 saturated heterocycles. The third kappa shape index (κ3) is 4.45. The summed E-state index contributed by atoms with van der Waals surface area (Å²) in [6, 6.07) is 4.03. The molecule has 152 valence electrons. The van der Waals surface area contributed by atoms with Crippen LogP contribution in [0.5, 0.6) is 0 Å². The molecule has 29 heavy (non-hydrogen) atoms. The molecule has 0 bridgehead atoms. The van der Waals surface area contributed by atoms with Crippen molar-refractivity contribution in [3.05, 3.63) is 44.4 Å². The van der Waals surface area contributed by atoms with Crippen LogP contribution < -0.4 is 5.32 Å². The third-order valence-electron chi connectivity index (χ3n) is 4.47. The Bertz CT molecular complexity index is 973. The number of carbonyl (C=O) groups excluding carboxylic acids is 3. The standard InChI is InChI=1S/C18H19N5O5S/c1-2-14-20-21-18(29-14)19-13(24)9-4-3-5-10-22-16(25)11-7-6-8-12(23(27)28)15(11)17(22)26/h6-8H,2-5,9-10H2,1H3,(H,19,21,24). The van der Waals surface area contributed by atoms with Gasteiger partial charge in [-0.2, -0.15) is 0 Å². The molecule has 11 heteroatoms. The zero-order valence-corrected chi connectivity index (χ0v) is 16.5. The third-order valence-corrected chi connectivity index (χ3v) is 5.46. The predicted octanol–water partition coefficient (Wildman–Crippen LogP) is 2.80. The molecule has 2 aromatic rings. The van der Waals surface area contributed by atoms with Crippen LogP contribution in [-0.4, -0.2) is 44.3 Å². The average molecular weight is 417 g/mol. The summed E-state index contributed by atoms with van der Waals surface area (Å²) in [7, 11) is 0. The number of rotatable bonds is 9. The largest absolute Gasteiger partial charge is 0.301 e. The van der Waals surface area contributed by atoms with Crippen LogP contribution in [-0.2, 0) is 11.2 Å². The summed E-state index contributed by atoms with van der Waals surface area (Å²) >= 11 is 1.34. The van der Waals surface area contributed by atoms with E-state index in [1.165, 1.54) is 29.5 Å². The van der Waals surface area contributed by atoms with E-state index in [2.05, 4.69) is 15.5 Å². The quantitative estimate of drug-likeness (QED) is 0.287. The van der Waals surface area contributed by atoms with E-state index in [1.54, 1.807) is 0 Å². The summed E-state index contributed by atoms with van der Waals surface area (Å²) in [5.41, 5.74) is -0.444. The van der Waals surface area contributed by atoms with E-state index in [9.17, 15) is 24.5 Å². The Kier molecular flexibility index (Phi) is 6.27. The normalized spacial score (nSPS) is 12.9. The lowest BCUT2D eigenvalue weighted by molar-refractivity contribution is -0.385. The van der Waals surface area contributed by atoms with Crippen molar-refractivity contribution in [1.29, 1.82) is 0 Å². The minimum atomic E-state index is -0.659. The van der Waals surface area contributed by atoms with Crippen molar-refractivity contribution in [2.75, 3.05) is 11.9 Å². The van der Waals surface area contributed by atoms with Crippen molar-refractivity contribution in [1.82, 2.24) is 15.1 Å². The minimum absolute atomic E-state index is 0.0621. The first-order valence-electron chi connectivity index (χ1n) is 9.18. The summed E-state index contributed by atoms with van der Waals surface area (Å²) in [6.45, 7) is 2.11. The summed E-state index contributed by atoms with van der Waals surface area (Å²) in [5.74, 6) is -1.33. The van der Waals surface area contributed by atoms with Crippen molar-refractivity contribution >= 4 is 39.9 Å². The Labute approximate surface area is 170 Å². The first-order valence-corrected chi connectivity index (χ1v) is 9.99. The van der Waals surface area contributed by atoms with E-state index in [4.69, 9.17) is 0 Å². The summed E-state index contributed by atoms with van der Waals surface area (Å²) in [6.07, 6.45) is 2.75. The number of carbonyl (C=O) groups is 3. The number of nitrogens with zero attached hydrogens (tertiary/aromatic N) is 4. The lowest BCUT2D eigenvalue weighted by Gasteiger charge is -2.13. The number of hydrogen-bond donors (Lipinski definition) is 1. The number of nitrogens with one attached hydrogen (secondary N) is 1. The van der Waals surface area contributed by atoms with E-state index in [-0.39, 0.29) is 35.7 Å². The molecule has 0 aliphatic carbocycles. The van der Waals surface area contributed by atoms with Crippen LogP contribution in [0, 0.1) is 10.1 Å². The number of unbranched alkanes of at least 4 members (excludes halogenated alkanes) is 2. The molecule has 2 heterocycles. The summed E-state index contributed by atoms with van der Waals surface area (Å²) in [5, 5.41) is 22.9. The molecule has 1 aliphatic heterocycles. The highest BCUT2D eigenvalue weighted by molar-refractivity contribution is 7.15. The van der Waals surface area contributed by atoms with E-state index in [0.29, 0.717) is 24.4 Å². The number of nitro benzene ring substituents is 1. The number of fused-ring (bicyclic) bond motifs is 1. The Morgan fingerprint density at radius 1 is 1.21 bits per heavy atom. The fourth-order valence-corrected chi connectivity index (χ4v) is 3.73. The second-order valence-corrected chi connectivity index (χ2v) is 7.49. The van der Waals surface area contributed by atoms with Crippen LogP contribution in [0.2, 0.25) is 0 Å². The van der Waals surface area contributed by atoms with Gasteiger partial charge in [0.2, 0.25) is 11.0 Å². The second-order valence-electron chi connectivity index (χ2n) is 6.43. The Morgan fingerprint density at radius 2 is 2.00 bits per heavy atom. The Morgan fingerprint density at radius 3 is 2.69 bits per heavy atom. The molecule has 10 nitrogen and oxygen atoms in total. The topological polar surface area (TPSA) is 135 Å². The van der Waals surface area contributed by atoms with Crippen molar-refractivity contribution < 1.29 is 19.3 Å². The maximum atomic E-state index is 12.5. The minimum Gasteiger partial charge on any atom is -0.301 e. The van der Waals surface area contributed by atoms with Crippen molar-refractivity contribution in [2.45, 2.75) is 39.0 Å². The van der Waals surface area contributed by atoms with E-state index in [0.717, 1.165) is 16.3 Å². The van der Waals surface area contributed by atoms with Gasteiger partial charge < -0.3 is 5.32 Å². The molecule has 1 aromatic carbocycles. The Balaban J connectivity index is 1.46. The first kappa shape index (κ1) is 20.5. The van der Waals surface area contributed by atoms with Crippen LogP contribution >= 0.6 is 11.3 Å². The van der Waals surface area contributed by atoms with Gasteiger partial charge in [0.1, 0.15) is 10.6 Å². The molecule has 0 saturated carbocycles. The molecule has 3 rings (SSSR count). The molecular weight excluding hydrogens is 398 g/mol. The SMILES string of the molecule is CCc1nnc(NC(=O)CCCCCN2C(=O)c3cccc([N+](=O)[O-])c3C2=O)s1. The van der Waals surface area contributed by atoms with Gasteiger partial charge in [-0.25, -0.2) is 0 Å². The van der Waals surface area contributed by atoms with Gasteiger partial charge in [-0.15, -0.1) is 10.2 Å². The number of anilines is 1. The lowest BCUT2D eigenvalue weighted by Crippen LogP contribution is -2.30. The average Bonchev–Trinajstić information content (AvgIpc) is 3.25. The fourth-order valence-electron chi connectivity index (χ4n) is 3.03. The number of imide groups is 1. The molecule has 0 radical (unpaired) electrons. The highest BCUT2D eigenvalue weighted by atomic mass is 32.1. The van der Waals surface area contributed by atoms with Gasteiger partial charge in [0, 0.05) is 19.0 Å². The van der Waals surface area contributed by atoms with Gasteiger partial charge in [0.15, 0.2) is 0 Å². The lowest BCUT2D eigenvalue weighted by atomic mass is 10.1. The number of aromatic nitrogens is 2. The number of nitro groups is 1. The first-order chi connectivity index (χ1) is 13.9. The maximum absolute atomic E-state index is 12.5. The van der Waals surface area contributed by atoms with E-state index < -0.39 is 16.7 Å². The fraction of sp³-hybridized carbons (Fsp3) is 0.389. The molecule has 1 N–H and O–H groups in total. The molecule has 0 unspecified atom stereocenters. The highest BCUT2D eigenvalue weighted by Crippen LogP contribution is 2.30. The van der Waals surface area contributed by atoms with Crippen molar-refractivity contribution in [3.8, 4) is 0 Å². The molecule has 0 atom stereocenters. The zero-order chi connectivity index (χ0) is 21.0. The van der Waals surface area contributed by atoms with Crippen LogP contribution in [0.15, 0.2) is 18.2 Å². The number of aryl methyl sites for hydroxylation is 1. The number of benzene rings is 1. The summed E-state index contributed by atoms with van der Waals surface area (Å²) in [4.78, 5) is 48.3. The second kappa shape index (κ2) is 8.86. The Hall–Kier alpha value is -3.21. The number of hydrogen-bond acceptors (Lipinski definition) is 8. The maximum Gasteiger partial charge on any atom is 0.282 e. The van der Waals surface area contributed by atoms with Gasteiger partial charge >= 0.3 is 0 Å². The zero-order valence-electron chi connectivity index (χ0n) is 15.7. The molecule has 1 aliphatic rings. The predicted molar refractivity (Wildman–Crippen MR) is 105 cm³/mol. The molecule has 0 spiro atoms. The van der Waals surface area contributed by atoms with Gasteiger partial charge in [-0.3, -0.25) is 29.4 Å². The monoisotopic (exact) mass is 417 g/mol. The van der Waals surface area contributed by atoms with Crippen LogP contribution in [0.1, 0.15) is 58.3 Å². The molecule has 0 fully saturated rings. The van der Waals surface area contributed by atoms with Crippen molar-refractivity contribution in [3.63, 3.8) is 0 Å². The highest BCUT2D eigenvalue weighted by Gasteiger charge is 2.40. The molecule has 3 amide bonds. The van der Waals surface area contributed by atoms with E-state index in [1.807, 2.05) is 6.92 Å². The van der Waals surface area contributed by atoms with Crippen LogP contribution in [0.25, 0.3) is 0 Å². The van der Waals surface area contributed by atoms with Crippen LogP contribution in [0.3, 0.4) is 0 Å².